The number of benzene rings is 4. The van der Waals surface area contributed by atoms with Gasteiger partial charge in [0, 0.05) is 22.9 Å². The number of aryl methyl sites for hydroxylation is 1. The van der Waals surface area contributed by atoms with E-state index in [0.717, 1.165) is 39.4 Å². The van der Waals surface area contributed by atoms with Gasteiger partial charge in [0.25, 0.3) is 5.91 Å². The van der Waals surface area contributed by atoms with Gasteiger partial charge in [-0.2, -0.15) is 15.2 Å². The average molecular weight is 525 g/mol. The van der Waals surface area contributed by atoms with Crippen LogP contribution in [0.4, 0.5) is 5.69 Å². The Morgan fingerprint density at radius 1 is 0.800 bits per heavy atom. The summed E-state index contributed by atoms with van der Waals surface area (Å²) in [4.78, 5) is 13.9. The highest BCUT2D eigenvalue weighted by molar-refractivity contribution is 6.37. The molecule has 1 aliphatic heterocycles. The maximum Gasteiger partial charge on any atom is 0.281 e. The minimum atomic E-state index is -0.189. The van der Waals surface area contributed by atoms with Gasteiger partial charge in [0.05, 0.1) is 29.2 Å². The van der Waals surface area contributed by atoms with Crippen LogP contribution in [0.15, 0.2) is 126 Å². The van der Waals surface area contributed by atoms with Crippen molar-refractivity contribution in [1.82, 2.24) is 9.78 Å². The van der Waals surface area contributed by atoms with Gasteiger partial charge in [-0.1, -0.05) is 66.7 Å². The van der Waals surface area contributed by atoms with Crippen molar-refractivity contribution in [3.8, 4) is 22.7 Å². The lowest BCUT2D eigenvalue weighted by atomic mass is 9.98. The molecule has 2 heterocycles. The molecular formula is C34H28N4O2. The first-order chi connectivity index (χ1) is 19.6. The summed E-state index contributed by atoms with van der Waals surface area (Å²) in [6.07, 6.45) is 3.87. The van der Waals surface area contributed by atoms with Crippen LogP contribution in [0.1, 0.15) is 23.6 Å². The second-order valence-electron chi connectivity index (χ2n) is 9.45. The van der Waals surface area contributed by atoms with Crippen LogP contribution in [0.5, 0.6) is 5.75 Å². The lowest BCUT2D eigenvalue weighted by molar-refractivity contribution is -0.114. The van der Waals surface area contributed by atoms with E-state index in [-0.39, 0.29) is 5.91 Å². The number of hydrazone groups is 1. The third-order valence-electron chi connectivity index (χ3n) is 6.74. The topological polar surface area (TPSA) is 59.7 Å². The van der Waals surface area contributed by atoms with Gasteiger partial charge in [-0.05, 0) is 68.0 Å². The number of carbonyl (C=O) groups excluding carboxylic acids is 1. The maximum atomic E-state index is 13.9. The lowest BCUT2D eigenvalue weighted by Gasteiger charge is -2.11. The molecule has 5 aromatic rings. The Labute approximate surface area is 233 Å². The Morgan fingerprint density at radius 2 is 1.45 bits per heavy atom. The molecular weight excluding hydrogens is 496 g/mol. The molecule has 0 fully saturated rings. The largest absolute Gasteiger partial charge is 0.494 e. The zero-order valence-corrected chi connectivity index (χ0v) is 22.4. The van der Waals surface area contributed by atoms with Crippen LogP contribution in [-0.4, -0.2) is 28.0 Å². The fourth-order valence-electron chi connectivity index (χ4n) is 4.80. The summed E-state index contributed by atoms with van der Waals surface area (Å²) in [6.45, 7) is 4.60. The quantitative estimate of drug-likeness (QED) is 0.214. The molecule has 1 aliphatic rings. The summed E-state index contributed by atoms with van der Waals surface area (Å²) in [5.41, 5.74) is 7.17. The summed E-state index contributed by atoms with van der Waals surface area (Å²) >= 11 is 0. The van der Waals surface area contributed by atoms with Crippen molar-refractivity contribution in [1.29, 1.82) is 0 Å². The summed E-state index contributed by atoms with van der Waals surface area (Å²) in [6, 6.07) is 35.3. The Bertz CT molecular complexity index is 1720. The van der Waals surface area contributed by atoms with Crippen LogP contribution in [0, 0.1) is 6.92 Å². The zero-order valence-electron chi connectivity index (χ0n) is 22.4. The van der Waals surface area contributed by atoms with E-state index in [1.807, 2.05) is 134 Å². The molecule has 1 amide bonds. The standard InChI is InChI=1S/C34H28N4O2/c1-3-40-31-20-19-26(21-24(31)2)32-27(23-37(35-32)28-15-9-5-10-16-28)22-30-33(25-13-7-4-8-14-25)36-38(34(30)39)29-17-11-6-12-18-29/h4-23H,3H2,1-2H3/b30-22-. The Hall–Kier alpha value is -5.23. The van der Waals surface area contributed by atoms with Crippen molar-refractivity contribution in [2.75, 3.05) is 11.6 Å². The Morgan fingerprint density at radius 3 is 2.10 bits per heavy atom. The van der Waals surface area contributed by atoms with Crippen LogP contribution >= 0.6 is 0 Å². The minimum Gasteiger partial charge on any atom is -0.494 e. The molecule has 6 heteroatoms. The lowest BCUT2D eigenvalue weighted by Crippen LogP contribution is -2.21. The third-order valence-corrected chi connectivity index (χ3v) is 6.74. The molecule has 196 valence electrons. The SMILES string of the molecule is CCOc1ccc(-c2nn(-c3ccccc3)cc2/C=C2\C(=O)N(c3ccccc3)N=C2c2ccccc2)cc1C. The van der Waals surface area contributed by atoms with Crippen molar-refractivity contribution in [3.63, 3.8) is 0 Å². The van der Waals surface area contributed by atoms with Gasteiger partial charge in [-0.3, -0.25) is 4.79 Å². The number of nitrogens with zero attached hydrogens (tertiary/aromatic N) is 4. The first kappa shape index (κ1) is 25.1. The molecule has 0 spiro atoms. The molecule has 40 heavy (non-hydrogen) atoms. The molecule has 0 aliphatic carbocycles. The van der Waals surface area contributed by atoms with E-state index in [4.69, 9.17) is 14.9 Å². The number of rotatable bonds is 7. The summed E-state index contributed by atoms with van der Waals surface area (Å²) in [7, 11) is 0. The van der Waals surface area contributed by atoms with E-state index in [9.17, 15) is 4.79 Å². The van der Waals surface area contributed by atoms with E-state index >= 15 is 0 Å². The smallest absolute Gasteiger partial charge is 0.281 e. The van der Waals surface area contributed by atoms with E-state index < -0.39 is 0 Å². The minimum absolute atomic E-state index is 0.189. The van der Waals surface area contributed by atoms with Crippen molar-refractivity contribution < 1.29 is 9.53 Å². The van der Waals surface area contributed by atoms with E-state index in [1.165, 1.54) is 5.01 Å². The van der Waals surface area contributed by atoms with Gasteiger partial charge in [0.1, 0.15) is 11.5 Å². The number of hydrogen-bond donors (Lipinski definition) is 0. The molecule has 0 atom stereocenters. The molecule has 6 nitrogen and oxygen atoms in total. The first-order valence-corrected chi connectivity index (χ1v) is 13.3. The third kappa shape index (κ3) is 4.83. The van der Waals surface area contributed by atoms with Crippen molar-refractivity contribution in [2.45, 2.75) is 13.8 Å². The summed E-state index contributed by atoms with van der Waals surface area (Å²) < 4.78 is 7.62. The van der Waals surface area contributed by atoms with Crippen LogP contribution in [0.3, 0.4) is 0 Å². The first-order valence-electron chi connectivity index (χ1n) is 13.3. The Balaban J connectivity index is 1.51. The highest BCUT2D eigenvalue weighted by Gasteiger charge is 2.32. The number of ether oxygens (including phenoxy) is 1. The molecule has 0 saturated carbocycles. The average Bonchev–Trinajstić information content (AvgIpc) is 3.57. The van der Waals surface area contributed by atoms with Crippen molar-refractivity contribution in [3.05, 3.63) is 138 Å². The predicted octanol–water partition coefficient (Wildman–Crippen LogP) is 7.08. The molecule has 0 unspecified atom stereocenters. The zero-order chi connectivity index (χ0) is 27.5. The van der Waals surface area contributed by atoms with Crippen molar-refractivity contribution in [2.24, 2.45) is 5.10 Å². The van der Waals surface area contributed by atoms with Crippen LogP contribution in [0.2, 0.25) is 0 Å². The summed E-state index contributed by atoms with van der Waals surface area (Å²) in [5, 5.41) is 11.2. The molecule has 0 saturated heterocycles. The number of anilines is 1. The maximum absolute atomic E-state index is 13.9. The number of para-hydroxylation sites is 2. The fraction of sp³-hybridized carbons (Fsp3) is 0.0882. The van der Waals surface area contributed by atoms with E-state index in [0.29, 0.717) is 23.6 Å². The van der Waals surface area contributed by atoms with Gasteiger partial charge in [0.2, 0.25) is 0 Å². The van der Waals surface area contributed by atoms with Gasteiger partial charge in [0.15, 0.2) is 0 Å². The normalized spacial score (nSPS) is 14.1. The molecule has 1 aromatic heterocycles. The molecule has 6 rings (SSSR count). The van der Waals surface area contributed by atoms with Gasteiger partial charge in [-0.25, -0.2) is 4.68 Å². The second-order valence-corrected chi connectivity index (χ2v) is 9.45. The van der Waals surface area contributed by atoms with Gasteiger partial charge in [-0.15, -0.1) is 0 Å². The van der Waals surface area contributed by atoms with Gasteiger partial charge < -0.3 is 4.74 Å². The van der Waals surface area contributed by atoms with Crippen molar-refractivity contribution >= 4 is 23.4 Å². The fourth-order valence-corrected chi connectivity index (χ4v) is 4.80. The molecule has 4 aromatic carbocycles. The predicted molar refractivity (Wildman–Crippen MR) is 160 cm³/mol. The van der Waals surface area contributed by atoms with Gasteiger partial charge >= 0.3 is 0 Å². The number of aromatic nitrogens is 2. The molecule has 0 bridgehead atoms. The second kappa shape index (κ2) is 10.9. The van der Waals surface area contributed by atoms with Crippen LogP contribution in [0.25, 0.3) is 23.0 Å². The van der Waals surface area contributed by atoms with Crippen LogP contribution in [-0.2, 0) is 4.79 Å². The van der Waals surface area contributed by atoms with E-state index in [2.05, 4.69) is 6.07 Å². The number of amides is 1. The Kier molecular flexibility index (Phi) is 6.81. The van der Waals surface area contributed by atoms with Crippen LogP contribution < -0.4 is 9.75 Å². The van der Waals surface area contributed by atoms with E-state index in [1.54, 1.807) is 0 Å². The molecule has 0 N–H and O–H groups in total. The highest BCUT2D eigenvalue weighted by atomic mass is 16.5. The summed E-state index contributed by atoms with van der Waals surface area (Å²) in [5.74, 6) is 0.656. The number of carbonyl (C=O) groups is 1. The number of hydrogen-bond acceptors (Lipinski definition) is 4. The molecule has 0 radical (unpaired) electrons. The monoisotopic (exact) mass is 524 g/mol. The highest BCUT2D eigenvalue weighted by Crippen LogP contribution is 2.33.